The summed E-state index contributed by atoms with van der Waals surface area (Å²) in [5, 5.41) is 0.581. The number of hydrogen-bond donors (Lipinski definition) is 1. The number of nitrogens with zero attached hydrogens (tertiary/aromatic N) is 2. The van der Waals surface area contributed by atoms with Crippen LogP contribution in [0.15, 0.2) is 29.1 Å². The smallest absolute Gasteiger partial charge is 0.258 e. The van der Waals surface area contributed by atoms with E-state index in [1.807, 2.05) is 4.90 Å². The second kappa shape index (κ2) is 7.13. The van der Waals surface area contributed by atoms with Crippen molar-refractivity contribution in [2.24, 2.45) is 5.92 Å². The molecule has 1 aliphatic heterocycles. The van der Waals surface area contributed by atoms with E-state index >= 15 is 0 Å². The van der Waals surface area contributed by atoms with E-state index in [1.165, 1.54) is 6.07 Å². The summed E-state index contributed by atoms with van der Waals surface area (Å²) in [6, 6.07) is 6.23. The Labute approximate surface area is 156 Å². The first kappa shape index (κ1) is 17.7. The number of fused-ring (bicyclic) bond motifs is 1. The number of aryl methyl sites for hydroxylation is 1. The number of piperazine rings is 1. The van der Waals surface area contributed by atoms with Gasteiger partial charge in [-0.2, -0.15) is 0 Å². The number of nitrogens with one attached hydrogen (secondary N) is 1. The Morgan fingerprint density at radius 2 is 1.81 bits per heavy atom. The van der Waals surface area contributed by atoms with E-state index in [0.29, 0.717) is 43.7 Å². The zero-order valence-electron chi connectivity index (χ0n) is 15.0. The molecule has 2 heterocycles. The van der Waals surface area contributed by atoms with E-state index in [9.17, 15) is 18.8 Å². The second-order valence-electron chi connectivity index (χ2n) is 7.31. The fraction of sp³-hybridized carbons (Fsp3) is 0.450. The van der Waals surface area contributed by atoms with Crippen LogP contribution < -0.4 is 5.56 Å². The summed E-state index contributed by atoms with van der Waals surface area (Å²) in [5.74, 6) is -0.103. The van der Waals surface area contributed by atoms with Gasteiger partial charge in [0.1, 0.15) is 5.82 Å². The first-order valence-electron chi connectivity index (χ1n) is 9.40. The van der Waals surface area contributed by atoms with E-state index < -0.39 is 11.4 Å². The van der Waals surface area contributed by atoms with Crippen LogP contribution in [0.5, 0.6) is 0 Å². The zero-order valence-corrected chi connectivity index (χ0v) is 15.0. The monoisotopic (exact) mass is 371 g/mol. The fourth-order valence-electron chi connectivity index (χ4n) is 3.63. The van der Waals surface area contributed by atoms with Crippen molar-refractivity contribution in [3.8, 4) is 0 Å². The van der Waals surface area contributed by atoms with Crippen LogP contribution in [0.4, 0.5) is 4.39 Å². The first-order valence-corrected chi connectivity index (χ1v) is 9.40. The number of H-pyrrole nitrogens is 1. The highest BCUT2D eigenvalue weighted by atomic mass is 19.1. The number of hydrogen-bond acceptors (Lipinski definition) is 3. The number of carbonyl (C=O) groups excluding carboxylic acids is 2. The number of halogens is 1. The topological polar surface area (TPSA) is 73.5 Å². The summed E-state index contributed by atoms with van der Waals surface area (Å²) in [6.45, 7) is 2.29. The standard InChI is InChI=1S/C20H22FN3O3/c21-16-3-1-2-14-12-15(22-19(26)18(14)16)6-7-17(25)23-8-10-24(11-9-23)20(27)13-4-5-13/h1-3,12-13H,4-11H2,(H,22,26). The molecule has 0 unspecified atom stereocenters. The molecule has 2 amide bonds. The number of rotatable bonds is 4. The second-order valence-corrected chi connectivity index (χ2v) is 7.31. The lowest BCUT2D eigenvalue weighted by atomic mass is 10.1. The summed E-state index contributed by atoms with van der Waals surface area (Å²) >= 11 is 0. The highest BCUT2D eigenvalue weighted by Crippen LogP contribution is 2.31. The molecule has 2 aliphatic rings. The molecular weight excluding hydrogens is 349 g/mol. The van der Waals surface area contributed by atoms with Crippen molar-refractivity contribution in [1.29, 1.82) is 0 Å². The number of aromatic nitrogens is 1. The van der Waals surface area contributed by atoms with Gasteiger partial charge in [0.05, 0.1) is 5.39 Å². The van der Waals surface area contributed by atoms with Crippen LogP contribution in [-0.2, 0) is 16.0 Å². The lowest BCUT2D eigenvalue weighted by Crippen LogP contribution is -2.51. The lowest BCUT2D eigenvalue weighted by Gasteiger charge is -2.35. The Morgan fingerprint density at radius 1 is 1.11 bits per heavy atom. The van der Waals surface area contributed by atoms with Crippen molar-refractivity contribution in [2.75, 3.05) is 26.2 Å². The number of carbonyl (C=O) groups is 2. The Morgan fingerprint density at radius 3 is 2.52 bits per heavy atom. The van der Waals surface area contributed by atoms with Crippen molar-refractivity contribution in [2.45, 2.75) is 25.7 Å². The number of amides is 2. The number of aromatic amines is 1. The van der Waals surface area contributed by atoms with Crippen molar-refractivity contribution in [3.05, 3.63) is 46.1 Å². The lowest BCUT2D eigenvalue weighted by molar-refractivity contribution is -0.140. The maximum Gasteiger partial charge on any atom is 0.258 e. The molecule has 0 radical (unpaired) electrons. The van der Waals surface area contributed by atoms with E-state index in [1.54, 1.807) is 23.1 Å². The first-order chi connectivity index (χ1) is 13.0. The van der Waals surface area contributed by atoms with Crippen LogP contribution >= 0.6 is 0 Å². The fourth-order valence-corrected chi connectivity index (χ4v) is 3.63. The van der Waals surface area contributed by atoms with Crippen LogP contribution in [-0.4, -0.2) is 52.8 Å². The highest BCUT2D eigenvalue weighted by molar-refractivity contribution is 5.83. The molecule has 1 saturated heterocycles. The van der Waals surface area contributed by atoms with E-state index in [0.717, 1.165) is 12.8 Å². The van der Waals surface area contributed by atoms with Crippen molar-refractivity contribution in [3.63, 3.8) is 0 Å². The van der Waals surface area contributed by atoms with Crippen molar-refractivity contribution >= 4 is 22.6 Å². The molecule has 1 aliphatic carbocycles. The third kappa shape index (κ3) is 3.72. The van der Waals surface area contributed by atoms with Crippen LogP contribution in [0, 0.1) is 11.7 Å². The molecule has 1 aromatic heterocycles. The van der Waals surface area contributed by atoms with Crippen molar-refractivity contribution in [1.82, 2.24) is 14.8 Å². The van der Waals surface area contributed by atoms with Gasteiger partial charge >= 0.3 is 0 Å². The van der Waals surface area contributed by atoms with Gasteiger partial charge in [0.15, 0.2) is 0 Å². The Kier molecular flexibility index (Phi) is 4.68. The van der Waals surface area contributed by atoms with Gasteiger partial charge in [0, 0.05) is 44.2 Å². The maximum absolute atomic E-state index is 13.8. The van der Waals surface area contributed by atoms with Gasteiger partial charge in [-0.25, -0.2) is 4.39 Å². The molecule has 7 heteroatoms. The molecule has 6 nitrogen and oxygen atoms in total. The Hall–Kier alpha value is -2.70. The van der Waals surface area contributed by atoms with E-state index in [4.69, 9.17) is 0 Å². The van der Waals surface area contributed by atoms with Gasteiger partial charge in [-0.1, -0.05) is 12.1 Å². The average molecular weight is 371 g/mol. The largest absolute Gasteiger partial charge is 0.339 e. The molecule has 0 bridgehead atoms. The number of benzene rings is 1. The molecule has 2 fully saturated rings. The van der Waals surface area contributed by atoms with Crippen LogP contribution in [0.1, 0.15) is 25.0 Å². The molecule has 0 atom stereocenters. The third-order valence-corrected chi connectivity index (χ3v) is 5.36. The average Bonchev–Trinajstić information content (AvgIpc) is 3.51. The maximum atomic E-state index is 13.8. The summed E-state index contributed by atoms with van der Waals surface area (Å²) in [5.41, 5.74) is 0.147. The molecule has 4 rings (SSSR count). The molecule has 2 aromatic rings. The van der Waals surface area contributed by atoms with E-state index in [2.05, 4.69) is 4.98 Å². The summed E-state index contributed by atoms with van der Waals surface area (Å²) < 4.78 is 13.8. The minimum Gasteiger partial charge on any atom is -0.339 e. The minimum atomic E-state index is -0.546. The highest BCUT2D eigenvalue weighted by Gasteiger charge is 2.35. The van der Waals surface area contributed by atoms with Crippen LogP contribution in [0.25, 0.3) is 10.8 Å². The molecule has 27 heavy (non-hydrogen) atoms. The normalized spacial score (nSPS) is 17.4. The predicted octanol–water partition coefficient (Wildman–Crippen LogP) is 1.68. The minimum absolute atomic E-state index is 0.00806. The zero-order chi connectivity index (χ0) is 19.0. The van der Waals surface area contributed by atoms with Crippen LogP contribution in [0.2, 0.25) is 0 Å². The van der Waals surface area contributed by atoms with Gasteiger partial charge in [-0.05, 0) is 36.8 Å². The van der Waals surface area contributed by atoms with Crippen LogP contribution in [0.3, 0.4) is 0 Å². The SMILES string of the molecule is O=C(CCc1cc2cccc(F)c2c(=O)[nH]1)N1CCN(C(=O)C2CC2)CC1. The summed E-state index contributed by atoms with van der Waals surface area (Å²) in [6.07, 6.45) is 2.65. The summed E-state index contributed by atoms with van der Waals surface area (Å²) in [7, 11) is 0. The Balaban J connectivity index is 1.35. The van der Waals surface area contributed by atoms with Gasteiger partial charge in [0.25, 0.3) is 5.56 Å². The summed E-state index contributed by atoms with van der Waals surface area (Å²) in [4.78, 5) is 42.9. The third-order valence-electron chi connectivity index (χ3n) is 5.36. The molecule has 142 valence electrons. The van der Waals surface area contributed by atoms with Crippen molar-refractivity contribution < 1.29 is 14.0 Å². The van der Waals surface area contributed by atoms with Gasteiger partial charge in [0.2, 0.25) is 11.8 Å². The molecule has 1 N–H and O–H groups in total. The quantitative estimate of drug-likeness (QED) is 0.889. The van der Waals surface area contributed by atoms with E-state index in [-0.39, 0.29) is 29.5 Å². The predicted molar refractivity (Wildman–Crippen MR) is 98.7 cm³/mol. The van der Waals surface area contributed by atoms with Gasteiger partial charge in [-0.15, -0.1) is 0 Å². The molecular formula is C20H22FN3O3. The number of pyridine rings is 1. The van der Waals surface area contributed by atoms with Gasteiger partial charge < -0.3 is 14.8 Å². The Bertz CT molecular complexity index is 943. The molecule has 1 saturated carbocycles. The molecule has 1 aromatic carbocycles. The van der Waals surface area contributed by atoms with Gasteiger partial charge in [-0.3, -0.25) is 14.4 Å². The molecule has 0 spiro atoms.